The molecule has 1 amide bonds. The molecule has 0 saturated carbocycles. The Bertz CT molecular complexity index is 727. The van der Waals surface area contributed by atoms with Gasteiger partial charge in [0.25, 0.3) is 0 Å². The molecule has 0 saturated heterocycles. The smallest absolute Gasteiger partial charge is 0.239 e. The van der Waals surface area contributed by atoms with Crippen molar-refractivity contribution in [3.63, 3.8) is 0 Å². The lowest BCUT2D eigenvalue weighted by Gasteiger charge is -2.31. The Morgan fingerprint density at radius 1 is 1.25 bits per heavy atom. The first-order chi connectivity index (χ1) is 11.5. The van der Waals surface area contributed by atoms with Gasteiger partial charge in [-0.2, -0.15) is 0 Å². The van der Waals surface area contributed by atoms with Crippen LogP contribution in [0.3, 0.4) is 0 Å². The molecular formula is C20H23ClN2O. The summed E-state index contributed by atoms with van der Waals surface area (Å²) in [6.45, 7) is 5.43. The summed E-state index contributed by atoms with van der Waals surface area (Å²) in [6, 6.07) is 14.1. The molecule has 126 valence electrons. The average Bonchev–Trinajstić information content (AvgIpc) is 2.55. The van der Waals surface area contributed by atoms with Gasteiger partial charge >= 0.3 is 0 Å². The second-order valence-electron chi connectivity index (χ2n) is 6.50. The van der Waals surface area contributed by atoms with E-state index in [9.17, 15) is 4.79 Å². The first-order valence-electron chi connectivity index (χ1n) is 8.42. The van der Waals surface area contributed by atoms with Crippen LogP contribution in [-0.2, 0) is 11.2 Å². The van der Waals surface area contributed by atoms with Crippen molar-refractivity contribution in [3.8, 4) is 0 Å². The fraction of sp³-hybridized carbons (Fsp3) is 0.350. The van der Waals surface area contributed by atoms with Crippen LogP contribution < -0.4 is 10.2 Å². The number of halogens is 1. The van der Waals surface area contributed by atoms with E-state index in [0.717, 1.165) is 24.9 Å². The maximum atomic E-state index is 12.5. The highest BCUT2D eigenvalue weighted by molar-refractivity contribution is 6.30. The number of amides is 1. The van der Waals surface area contributed by atoms with Gasteiger partial charge in [-0.25, -0.2) is 0 Å². The number of rotatable bonds is 4. The minimum Gasteiger partial charge on any atom is -0.362 e. The molecule has 1 atom stereocenters. The number of fused-ring (bicyclic) bond motifs is 1. The van der Waals surface area contributed by atoms with Gasteiger partial charge in [0.15, 0.2) is 0 Å². The largest absolute Gasteiger partial charge is 0.362 e. The summed E-state index contributed by atoms with van der Waals surface area (Å²) < 4.78 is 0. The Morgan fingerprint density at radius 3 is 2.75 bits per heavy atom. The van der Waals surface area contributed by atoms with Gasteiger partial charge < -0.3 is 10.2 Å². The molecular weight excluding hydrogens is 320 g/mol. The molecule has 0 aromatic heterocycles. The summed E-state index contributed by atoms with van der Waals surface area (Å²) in [5.41, 5.74) is 4.87. The molecule has 0 bridgehead atoms. The number of carbonyl (C=O) groups is 1. The zero-order chi connectivity index (χ0) is 17.1. The highest BCUT2D eigenvalue weighted by atomic mass is 35.5. The SMILES string of the molecule is Cc1ccc2c(c1)CCCN2CC(=O)NC(C)c1ccc(Cl)cc1. The molecule has 0 aliphatic carbocycles. The Balaban J connectivity index is 1.64. The lowest BCUT2D eigenvalue weighted by molar-refractivity contribution is -0.120. The highest BCUT2D eigenvalue weighted by Crippen LogP contribution is 2.27. The maximum absolute atomic E-state index is 12.5. The van der Waals surface area contributed by atoms with Crippen molar-refractivity contribution in [1.82, 2.24) is 5.32 Å². The van der Waals surface area contributed by atoms with Crippen LogP contribution in [0.4, 0.5) is 5.69 Å². The monoisotopic (exact) mass is 342 g/mol. The van der Waals surface area contributed by atoms with E-state index in [2.05, 4.69) is 35.3 Å². The zero-order valence-electron chi connectivity index (χ0n) is 14.2. The molecule has 4 heteroatoms. The molecule has 1 heterocycles. The standard InChI is InChI=1S/C20H23ClN2O/c1-14-5-10-19-17(12-14)4-3-11-23(19)13-20(24)22-15(2)16-6-8-18(21)9-7-16/h5-10,12,15H,3-4,11,13H2,1-2H3,(H,22,24). The molecule has 24 heavy (non-hydrogen) atoms. The van der Waals surface area contributed by atoms with E-state index in [4.69, 9.17) is 11.6 Å². The molecule has 2 aromatic rings. The summed E-state index contributed by atoms with van der Waals surface area (Å²) >= 11 is 5.92. The van der Waals surface area contributed by atoms with Crippen LogP contribution in [0.15, 0.2) is 42.5 Å². The van der Waals surface area contributed by atoms with Crippen LogP contribution in [0.2, 0.25) is 5.02 Å². The summed E-state index contributed by atoms with van der Waals surface area (Å²) in [4.78, 5) is 14.6. The summed E-state index contributed by atoms with van der Waals surface area (Å²) in [7, 11) is 0. The number of hydrogen-bond acceptors (Lipinski definition) is 2. The van der Waals surface area contributed by atoms with Crippen molar-refractivity contribution in [2.75, 3.05) is 18.0 Å². The summed E-state index contributed by atoms with van der Waals surface area (Å²) in [5, 5.41) is 3.79. The van der Waals surface area contributed by atoms with Crippen LogP contribution in [0.1, 0.15) is 36.1 Å². The lowest BCUT2D eigenvalue weighted by atomic mass is 9.99. The predicted octanol–water partition coefficient (Wildman–Crippen LogP) is 4.28. The molecule has 1 N–H and O–H groups in total. The van der Waals surface area contributed by atoms with E-state index in [1.54, 1.807) is 0 Å². The molecule has 0 spiro atoms. The predicted molar refractivity (Wildman–Crippen MR) is 99.7 cm³/mol. The Hall–Kier alpha value is -2.00. The second kappa shape index (κ2) is 7.27. The molecule has 2 aromatic carbocycles. The van der Waals surface area contributed by atoms with Gasteiger partial charge in [-0.1, -0.05) is 41.4 Å². The molecule has 3 rings (SSSR count). The van der Waals surface area contributed by atoms with Gasteiger partial charge in [-0.05, 0) is 56.0 Å². The Kier molecular flexibility index (Phi) is 5.10. The van der Waals surface area contributed by atoms with E-state index >= 15 is 0 Å². The molecule has 1 unspecified atom stereocenters. The maximum Gasteiger partial charge on any atom is 0.239 e. The van der Waals surface area contributed by atoms with Crippen molar-refractivity contribution in [3.05, 3.63) is 64.2 Å². The number of aryl methyl sites for hydroxylation is 2. The third kappa shape index (κ3) is 3.90. The van der Waals surface area contributed by atoms with Crippen LogP contribution >= 0.6 is 11.6 Å². The van der Waals surface area contributed by atoms with E-state index in [1.165, 1.54) is 16.8 Å². The van der Waals surface area contributed by atoms with Crippen LogP contribution in [0.25, 0.3) is 0 Å². The minimum atomic E-state index is -0.0305. The topological polar surface area (TPSA) is 32.3 Å². The van der Waals surface area contributed by atoms with Crippen LogP contribution in [0, 0.1) is 6.92 Å². The molecule has 1 aliphatic heterocycles. The van der Waals surface area contributed by atoms with E-state index in [0.29, 0.717) is 11.6 Å². The Labute approximate surface area is 148 Å². The van der Waals surface area contributed by atoms with Crippen molar-refractivity contribution < 1.29 is 4.79 Å². The minimum absolute atomic E-state index is 0.0305. The number of anilines is 1. The van der Waals surface area contributed by atoms with Gasteiger partial charge in [0.2, 0.25) is 5.91 Å². The van der Waals surface area contributed by atoms with Gasteiger partial charge in [-0.3, -0.25) is 4.79 Å². The van der Waals surface area contributed by atoms with Crippen molar-refractivity contribution in [2.24, 2.45) is 0 Å². The van der Waals surface area contributed by atoms with Crippen LogP contribution in [-0.4, -0.2) is 19.0 Å². The van der Waals surface area contributed by atoms with E-state index < -0.39 is 0 Å². The van der Waals surface area contributed by atoms with Gasteiger partial charge in [0.05, 0.1) is 12.6 Å². The number of nitrogens with zero attached hydrogens (tertiary/aromatic N) is 1. The highest BCUT2D eigenvalue weighted by Gasteiger charge is 2.20. The van der Waals surface area contributed by atoms with E-state index in [1.807, 2.05) is 31.2 Å². The number of benzene rings is 2. The quantitative estimate of drug-likeness (QED) is 0.899. The molecule has 0 fully saturated rings. The van der Waals surface area contributed by atoms with Gasteiger partial charge in [-0.15, -0.1) is 0 Å². The average molecular weight is 343 g/mol. The molecule has 1 aliphatic rings. The Morgan fingerprint density at radius 2 is 2.00 bits per heavy atom. The third-order valence-electron chi connectivity index (χ3n) is 4.53. The fourth-order valence-electron chi connectivity index (χ4n) is 3.26. The van der Waals surface area contributed by atoms with Crippen molar-refractivity contribution >= 4 is 23.2 Å². The summed E-state index contributed by atoms with van der Waals surface area (Å²) in [6.07, 6.45) is 2.19. The molecule has 3 nitrogen and oxygen atoms in total. The van der Waals surface area contributed by atoms with Crippen molar-refractivity contribution in [1.29, 1.82) is 0 Å². The van der Waals surface area contributed by atoms with Gasteiger partial charge in [0, 0.05) is 17.3 Å². The zero-order valence-corrected chi connectivity index (χ0v) is 14.9. The summed E-state index contributed by atoms with van der Waals surface area (Å²) in [5.74, 6) is 0.0471. The van der Waals surface area contributed by atoms with Crippen LogP contribution in [0.5, 0.6) is 0 Å². The normalized spacial score (nSPS) is 14.9. The number of carbonyl (C=O) groups excluding carboxylic acids is 1. The van der Waals surface area contributed by atoms with E-state index in [-0.39, 0.29) is 11.9 Å². The fourth-order valence-corrected chi connectivity index (χ4v) is 3.39. The number of hydrogen-bond donors (Lipinski definition) is 1. The second-order valence-corrected chi connectivity index (χ2v) is 6.93. The molecule has 0 radical (unpaired) electrons. The third-order valence-corrected chi connectivity index (χ3v) is 4.78. The van der Waals surface area contributed by atoms with Crippen molar-refractivity contribution in [2.45, 2.75) is 32.7 Å². The lowest BCUT2D eigenvalue weighted by Crippen LogP contribution is -2.40. The first kappa shape index (κ1) is 16.8. The first-order valence-corrected chi connectivity index (χ1v) is 8.80. The number of nitrogens with one attached hydrogen (secondary N) is 1. The van der Waals surface area contributed by atoms with Gasteiger partial charge in [0.1, 0.15) is 0 Å².